The summed E-state index contributed by atoms with van der Waals surface area (Å²) >= 11 is 5.89. The Morgan fingerprint density at radius 3 is 2.78 bits per heavy atom. The van der Waals surface area contributed by atoms with Gasteiger partial charge in [-0.2, -0.15) is 5.26 Å². The van der Waals surface area contributed by atoms with Crippen LogP contribution in [0.2, 0.25) is 5.02 Å². The summed E-state index contributed by atoms with van der Waals surface area (Å²) in [6.45, 7) is -0.0558. The van der Waals surface area contributed by atoms with E-state index in [0.717, 1.165) is 18.9 Å². The van der Waals surface area contributed by atoms with Crippen molar-refractivity contribution in [1.29, 1.82) is 5.26 Å². The Hall–Kier alpha value is -2.13. The number of nitrogens with one attached hydrogen (secondary N) is 2. The number of halogens is 2. The quantitative estimate of drug-likeness (QED) is 0.828. The third kappa shape index (κ3) is 4.42. The molecule has 1 aliphatic carbocycles. The van der Waals surface area contributed by atoms with Crippen molar-refractivity contribution in [2.75, 3.05) is 6.54 Å². The van der Waals surface area contributed by atoms with Crippen LogP contribution in [-0.2, 0) is 4.79 Å². The molecule has 0 heterocycles. The topological polar surface area (TPSA) is 82.0 Å². The molecule has 7 heteroatoms. The minimum Gasteiger partial charge on any atom is -0.348 e. The largest absolute Gasteiger partial charge is 0.348 e. The van der Waals surface area contributed by atoms with E-state index in [1.165, 1.54) is 12.1 Å². The lowest BCUT2D eigenvalue weighted by Gasteiger charge is -2.31. The molecule has 0 aromatic heterocycles. The zero-order chi connectivity index (χ0) is 16.8. The molecular weight excluding hydrogens is 321 g/mol. The van der Waals surface area contributed by atoms with Gasteiger partial charge in [0.25, 0.3) is 5.91 Å². The smallest absolute Gasteiger partial charge is 0.253 e. The monoisotopic (exact) mass is 337 g/mol. The molecule has 1 aromatic carbocycles. The fourth-order valence-electron chi connectivity index (χ4n) is 2.79. The number of nitrogens with zero attached hydrogens (tertiary/aromatic N) is 1. The summed E-state index contributed by atoms with van der Waals surface area (Å²) in [6, 6.07) is 5.10. The van der Waals surface area contributed by atoms with Gasteiger partial charge >= 0.3 is 0 Å². The lowest BCUT2D eigenvalue weighted by Crippen LogP contribution is -2.48. The summed E-state index contributed by atoms with van der Waals surface area (Å²) < 4.78 is 13.1. The fourth-order valence-corrected chi connectivity index (χ4v) is 3.05. The first-order chi connectivity index (χ1) is 11.0. The van der Waals surface area contributed by atoms with Crippen LogP contribution in [0, 0.1) is 23.1 Å². The third-order valence-corrected chi connectivity index (χ3v) is 4.25. The van der Waals surface area contributed by atoms with Gasteiger partial charge in [-0.05, 0) is 31.0 Å². The predicted molar refractivity (Wildman–Crippen MR) is 83.2 cm³/mol. The number of carbonyl (C=O) groups is 2. The Bertz CT molecular complexity index is 645. The normalized spacial score (nSPS) is 20.4. The number of benzene rings is 1. The van der Waals surface area contributed by atoms with E-state index in [4.69, 9.17) is 16.9 Å². The molecule has 2 amide bonds. The van der Waals surface area contributed by atoms with Gasteiger partial charge in [0.15, 0.2) is 0 Å². The van der Waals surface area contributed by atoms with Gasteiger partial charge in [-0.25, -0.2) is 4.39 Å². The number of nitriles is 1. The first kappa shape index (κ1) is 17.2. The van der Waals surface area contributed by atoms with E-state index in [1.54, 1.807) is 0 Å². The van der Waals surface area contributed by atoms with Crippen LogP contribution >= 0.6 is 11.6 Å². The van der Waals surface area contributed by atoms with Crippen LogP contribution in [0.3, 0.4) is 0 Å². The summed E-state index contributed by atoms with van der Waals surface area (Å²) in [5, 5.41) is 13.9. The zero-order valence-electron chi connectivity index (χ0n) is 12.4. The molecule has 0 aliphatic heterocycles. The van der Waals surface area contributed by atoms with Crippen LogP contribution in [0.1, 0.15) is 36.0 Å². The molecule has 122 valence electrons. The van der Waals surface area contributed by atoms with Crippen LogP contribution in [0.25, 0.3) is 0 Å². The summed E-state index contributed by atoms with van der Waals surface area (Å²) in [4.78, 5) is 24.4. The maximum atomic E-state index is 13.1. The highest BCUT2D eigenvalue weighted by Crippen LogP contribution is 2.26. The van der Waals surface area contributed by atoms with Crippen molar-refractivity contribution in [3.63, 3.8) is 0 Å². The van der Waals surface area contributed by atoms with E-state index >= 15 is 0 Å². The van der Waals surface area contributed by atoms with Gasteiger partial charge in [0.2, 0.25) is 5.91 Å². The molecule has 1 aliphatic rings. The highest BCUT2D eigenvalue weighted by molar-refractivity contribution is 6.33. The second kappa shape index (κ2) is 7.93. The number of hydrogen-bond acceptors (Lipinski definition) is 3. The minimum atomic E-state index is -0.516. The minimum absolute atomic E-state index is 0.0313. The number of hydrogen-bond donors (Lipinski definition) is 2. The Labute approximate surface area is 138 Å². The Morgan fingerprint density at radius 1 is 1.35 bits per heavy atom. The molecule has 5 nitrogen and oxygen atoms in total. The molecule has 2 rings (SSSR count). The van der Waals surface area contributed by atoms with Gasteiger partial charge in [-0.3, -0.25) is 9.59 Å². The lowest BCUT2D eigenvalue weighted by atomic mass is 9.83. The molecule has 1 fully saturated rings. The third-order valence-electron chi connectivity index (χ3n) is 3.94. The highest BCUT2D eigenvalue weighted by atomic mass is 35.5. The van der Waals surface area contributed by atoms with Crippen molar-refractivity contribution in [3.8, 4) is 6.07 Å². The van der Waals surface area contributed by atoms with Crippen molar-refractivity contribution >= 4 is 23.4 Å². The van der Waals surface area contributed by atoms with E-state index in [2.05, 4.69) is 10.6 Å². The average molecular weight is 338 g/mol. The molecule has 0 radical (unpaired) electrons. The van der Waals surface area contributed by atoms with Crippen LogP contribution in [-0.4, -0.2) is 24.4 Å². The first-order valence-electron chi connectivity index (χ1n) is 7.43. The van der Waals surface area contributed by atoms with Gasteiger partial charge in [0, 0.05) is 6.04 Å². The summed E-state index contributed by atoms with van der Waals surface area (Å²) in [7, 11) is 0. The standard InChI is InChI=1S/C16H17ClFN3O2/c17-13-9-10(18)5-6-11(13)16(23)21-14-4-2-1-3-12(14)15(22)20-8-7-19/h5-6,9,12,14H,1-4,8H2,(H,20,22)(H,21,23). The fraction of sp³-hybridized carbons (Fsp3) is 0.438. The van der Waals surface area contributed by atoms with Gasteiger partial charge in [-0.15, -0.1) is 0 Å². The van der Waals surface area contributed by atoms with Gasteiger partial charge in [0.05, 0.1) is 22.6 Å². The predicted octanol–water partition coefficient (Wildman–Crippen LogP) is 2.41. The van der Waals surface area contributed by atoms with E-state index in [0.29, 0.717) is 12.8 Å². The summed E-state index contributed by atoms with van der Waals surface area (Å²) in [6.07, 6.45) is 3.13. The van der Waals surface area contributed by atoms with Crippen LogP contribution in [0.4, 0.5) is 4.39 Å². The SMILES string of the molecule is N#CCNC(=O)C1CCCCC1NC(=O)c1ccc(F)cc1Cl. The second-order valence-corrected chi connectivity index (χ2v) is 5.88. The lowest BCUT2D eigenvalue weighted by molar-refractivity contribution is -0.126. The molecule has 0 spiro atoms. The average Bonchev–Trinajstić information content (AvgIpc) is 2.53. The molecule has 0 bridgehead atoms. The Morgan fingerprint density at radius 2 is 2.09 bits per heavy atom. The molecule has 1 saturated carbocycles. The maximum Gasteiger partial charge on any atom is 0.253 e. The zero-order valence-corrected chi connectivity index (χ0v) is 13.2. The van der Waals surface area contributed by atoms with E-state index in [1.807, 2.05) is 6.07 Å². The van der Waals surface area contributed by atoms with Crippen molar-refractivity contribution in [2.45, 2.75) is 31.7 Å². The summed E-state index contributed by atoms with van der Waals surface area (Å²) in [5.41, 5.74) is 0.176. The van der Waals surface area contributed by atoms with Gasteiger partial charge in [-0.1, -0.05) is 24.4 Å². The van der Waals surface area contributed by atoms with Gasteiger partial charge < -0.3 is 10.6 Å². The molecule has 23 heavy (non-hydrogen) atoms. The van der Waals surface area contributed by atoms with Crippen LogP contribution in [0.15, 0.2) is 18.2 Å². The molecular formula is C16H17ClFN3O2. The van der Waals surface area contributed by atoms with E-state index in [9.17, 15) is 14.0 Å². The van der Waals surface area contributed by atoms with Crippen molar-refractivity contribution in [2.24, 2.45) is 5.92 Å². The van der Waals surface area contributed by atoms with Crippen LogP contribution < -0.4 is 10.6 Å². The van der Waals surface area contributed by atoms with E-state index < -0.39 is 11.7 Å². The second-order valence-electron chi connectivity index (χ2n) is 5.47. The number of rotatable bonds is 4. The van der Waals surface area contributed by atoms with Crippen molar-refractivity contribution in [3.05, 3.63) is 34.6 Å². The van der Waals surface area contributed by atoms with Crippen LogP contribution in [0.5, 0.6) is 0 Å². The molecule has 2 unspecified atom stereocenters. The highest BCUT2D eigenvalue weighted by Gasteiger charge is 2.32. The summed E-state index contributed by atoms with van der Waals surface area (Å²) in [5.74, 6) is -1.56. The molecule has 2 atom stereocenters. The van der Waals surface area contributed by atoms with E-state index in [-0.39, 0.29) is 35.0 Å². The van der Waals surface area contributed by atoms with Gasteiger partial charge in [0.1, 0.15) is 12.4 Å². The number of carbonyl (C=O) groups excluding carboxylic acids is 2. The van der Waals surface area contributed by atoms with Crippen molar-refractivity contribution < 1.29 is 14.0 Å². The number of amides is 2. The molecule has 1 aromatic rings. The maximum absolute atomic E-state index is 13.1. The Balaban J connectivity index is 2.07. The molecule has 2 N–H and O–H groups in total. The van der Waals surface area contributed by atoms with Crippen molar-refractivity contribution in [1.82, 2.24) is 10.6 Å². The molecule has 0 saturated heterocycles. The Kier molecular flexibility index (Phi) is 5.94. The first-order valence-corrected chi connectivity index (χ1v) is 7.81.